The number of aryl methyl sites for hydroxylation is 1. The molecule has 1 aliphatic carbocycles. The number of aromatic nitrogens is 1. The highest BCUT2D eigenvalue weighted by Gasteiger charge is 2.29. The third-order valence-corrected chi connectivity index (χ3v) is 6.79. The van der Waals surface area contributed by atoms with E-state index in [9.17, 15) is 10.1 Å². The first-order valence-electron chi connectivity index (χ1n) is 11.4. The van der Waals surface area contributed by atoms with Gasteiger partial charge in [0.05, 0.1) is 10.3 Å². The SMILES string of the molecule is CC1(C)CCCc2ccc3c(ccc4c([N+](=O)[O-])cccc43)c21.c1ccc2cnccc2c1. The quantitative estimate of drug-likeness (QED) is 0.154. The number of pyridine rings is 1. The Morgan fingerprint density at radius 3 is 2.33 bits per heavy atom. The molecule has 0 N–H and O–H groups in total. The van der Waals surface area contributed by atoms with E-state index in [1.807, 2.05) is 42.7 Å². The van der Waals surface area contributed by atoms with Gasteiger partial charge in [-0.25, -0.2) is 0 Å². The van der Waals surface area contributed by atoms with Crippen molar-refractivity contribution >= 4 is 38.0 Å². The van der Waals surface area contributed by atoms with E-state index in [1.54, 1.807) is 12.1 Å². The summed E-state index contributed by atoms with van der Waals surface area (Å²) in [6.45, 7) is 4.62. The highest BCUT2D eigenvalue weighted by atomic mass is 16.6. The molecule has 0 saturated carbocycles. The second kappa shape index (κ2) is 8.28. The first-order valence-corrected chi connectivity index (χ1v) is 11.4. The summed E-state index contributed by atoms with van der Waals surface area (Å²) in [7, 11) is 0. The third kappa shape index (κ3) is 3.82. The zero-order valence-electron chi connectivity index (χ0n) is 18.9. The van der Waals surface area contributed by atoms with Crippen molar-refractivity contribution in [1.29, 1.82) is 0 Å². The molecule has 6 rings (SSSR count). The van der Waals surface area contributed by atoms with Crippen molar-refractivity contribution in [3.8, 4) is 0 Å². The van der Waals surface area contributed by atoms with Crippen LogP contribution in [0.1, 0.15) is 37.8 Å². The van der Waals surface area contributed by atoms with Crippen LogP contribution in [0.4, 0.5) is 5.69 Å². The molecule has 1 aliphatic rings. The van der Waals surface area contributed by atoms with Crippen LogP contribution < -0.4 is 0 Å². The van der Waals surface area contributed by atoms with Gasteiger partial charge in [-0.15, -0.1) is 0 Å². The van der Waals surface area contributed by atoms with E-state index in [0.717, 1.165) is 22.6 Å². The molecule has 0 spiro atoms. The van der Waals surface area contributed by atoms with Gasteiger partial charge in [0, 0.05) is 18.5 Å². The van der Waals surface area contributed by atoms with Gasteiger partial charge >= 0.3 is 0 Å². The van der Waals surface area contributed by atoms with Crippen molar-refractivity contribution in [1.82, 2.24) is 4.98 Å². The van der Waals surface area contributed by atoms with E-state index in [0.29, 0.717) is 0 Å². The lowest BCUT2D eigenvalue weighted by Crippen LogP contribution is -2.24. The van der Waals surface area contributed by atoms with Gasteiger partial charge in [-0.05, 0) is 74.9 Å². The van der Waals surface area contributed by atoms with Crippen LogP contribution in [-0.2, 0) is 11.8 Å². The normalized spacial score (nSPS) is 14.5. The molecule has 4 heteroatoms. The molecule has 0 fully saturated rings. The minimum absolute atomic E-state index is 0.154. The van der Waals surface area contributed by atoms with Gasteiger partial charge in [-0.1, -0.05) is 68.4 Å². The van der Waals surface area contributed by atoms with Crippen LogP contribution in [0.25, 0.3) is 32.3 Å². The smallest absolute Gasteiger partial charge is 0.264 e. The Hall–Kier alpha value is -3.79. The molecule has 4 nitrogen and oxygen atoms in total. The number of nitrogens with zero attached hydrogens (tertiary/aromatic N) is 2. The fraction of sp³-hybridized carbons (Fsp3) is 0.207. The second-order valence-corrected chi connectivity index (χ2v) is 9.35. The zero-order valence-corrected chi connectivity index (χ0v) is 18.9. The number of benzene rings is 4. The van der Waals surface area contributed by atoms with Crippen LogP contribution in [0.2, 0.25) is 0 Å². The molecule has 0 radical (unpaired) electrons. The van der Waals surface area contributed by atoms with Crippen molar-refractivity contribution in [3.63, 3.8) is 0 Å². The maximum absolute atomic E-state index is 11.3. The van der Waals surface area contributed by atoms with Gasteiger partial charge in [0.1, 0.15) is 0 Å². The molecule has 1 heterocycles. The lowest BCUT2D eigenvalue weighted by Gasteiger charge is -2.34. The average molecular weight is 435 g/mol. The standard InChI is InChI=1S/C20H19NO2.C9H7N/c1-20(2)12-4-5-13-8-9-15-14-6-3-7-18(21(22)23)16(14)10-11-17(15)19(13)20;1-2-4-9-7-10-6-5-8(9)3-1/h3,6-11H,4-5,12H2,1-2H3;1-7H. The zero-order chi connectivity index (χ0) is 23.0. The summed E-state index contributed by atoms with van der Waals surface area (Å²) in [5, 5.41) is 17.8. The van der Waals surface area contributed by atoms with Gasteiger partial charge in [0.25, 0.3) is 5.69 Å². The van der Waals surface area contributed by atoms with E-state index in [1.165, 1.54) is 40.1 Å². The Morgan fingerprint density at radius 2 is 1.55 bits per heavy atom. The van der Waals surface area contributed by atoms with Crippen LogP contribution in [-0.4, -0.2) is 9.91 Å². The van der Waals surface area contributed by atoms with Crippen molar-refractivity contribution in [2.75, 3.05) is 0 Å². The fourth-order valence-corrected chi connectivity index (χ4v) is 5.24. The molecule has 0 bridgehead atoms. The number of rotatable bonds is 1. The molecular formula is C29H26N2O2. The summed E-state index contributed by atoms with van der Waals surface area (Å²) in [4.78, 5) is 15.0. The van der Waals surface area contributed by atoms with Crippen molar-refractivity contribution < 1.29 is 4.92 Å². The highest BCUT2D eigenvalue weighted by Crippen LogP contribution is 2.43. The van der Waals surface area contributed by atoms with E-state index in [2.05, 4.69) is 49.2 Å². The molecule has 0 saturated heterocycles. The Kier molecular flexibility index (Phi) is 5.29. The molecular weight excluding hydrogens is 408 g/mol. The van der Waals surface area contributed by atoms with Gasteiger partial charge in [0.2, 0.25) is 0 Å². The third-order valence-electron chi connectivity index (χ3n) is 6.79. The van der Waals surface area contributed by atoms with Crippen molar-refractivity contribution in [2.24, 2.45) is 0 Å². The van der Waals surface area contributed by atoms with Gasteiger partial charge in [0.15, 0.2) is 0 Å². The number of non-ortho nitro benzene ring substituents is 1. The van der Waals surface area contributed by atoms with Gasteiger partial charge in [-0.3, -0.25) is 15.1 Å². The molecule has 5 aromatic rings. The fourth-order valence-electron chi connectivity index (χ4n) is 5.24. The van der Waals surface area contributed by atoms with Gasteiger partial charge in [-0.2, -0.15) is 0 Å². The van der Waals surface area contributed by atoms with E-state index >= 15 is 0 Å². The molecule has 0 amide bonds. The Bertz CT molecular complexity index is 1440. The first kappa shape index (κ1) is 21.1. The first-order chi connectivity index (χ1) is 16.0. The lowest BCUT2D eigenvalue weighted by atomic mass is 9.70. The maximum Gasteiger partial charge on any atom is 0.277 e. The lowest BCUT2D eigenvalue weighted by molar-refractivity contribution is -0.383. The molecule has 4 aromatic carbocycles. The van der Waals surface area contributed by atoms with E-state index in [-0.39, 0.29) is 16.0 Å². The number of nitro benzene ring substituents is 1. The van der Waals surface area contributed by atoms with Gasteiger partial charge < -0.3 is 0 Å². The second-order valence-electron chi connectivity index (χ2n) is 9.35. The number of hydrogen-bond acceptors (Lipinski definition) is 3. The largest absolute Gasteiger partial charge is 0.277 e. The van der Waals surface area contributed by atoms with Crippen LogP contribution in [0.15, 0.2) is 85.2 Å². The topological polar surface area (TPSA) is 56.0 Å². The number of fused-ring (bicyclic) bond motifs is 6. The van der Waals surface area contributed by atoms with Crippen molar-refractivity contribution in [2.45, 2.75) is 38.5 Å². The summed E-state index contributed by atoms with van der Waals surface area (Å²) in [6.07, 6.45) is 7.22. The van der Waals surface area contributed by atoms with Crippen LogP contribution in [0, 0.1) is 10.1 Å². The minimum Gasteiger partial charge on any atom is -0.264 e. The predicted octanol–water partition coefficient (Wildman–Crippen LogP) is 7.75. The van der Waals surface area contributed by atoms with Crippen LogP contribution >= 0.6 is 0 Å². The van der Waals surface area contributed by atoms with E-state index in [4.69, 9.17) is 0 Å². The molecule has 33 heavy (non-hydrogen) atoms. The Labute approximate surface area is 193 Å². The minimum atomic E-state index is -0.295. The summed E-state index contributed by atoms with van der Waals surface area (Å²) in [6, 6.07) is 23.9. The molecule has 1 aromatic heterocycles. The monoisotopic (exact) mass is 434 g/mol. The number of hydrogen-bond donors (Lipinski definition) is 0. The Morgan fingerprint density at radius 1 is 0.818 bits per heavy atom. The summed E-state index contributed by atoms with van der Waals surface area (Å²) < 4.78 is 0. The highest BCUT2D eigenvalue weighted by molar-refractivity contribution is 6.11. The molecule has 164 valence electrons. The Balaban J connectivity index is 0.000000190. The predicted molar refractivity (Wildman–Crippen MR) is 136 cm³/mol. The summed E-state index contributed by atoms with van der Waals surface area (Å²) in [5.74, 6) is 0. The molecule has 0 unspecified atom stereocenters. The number of nitro groups is 1. The molecule has 0 atom stereocenters. The van der Waals surface area contributed by atoms with Crippen molar-refractivity contribution in [3.05, 3.63) is 106 Å². The van der Waals surface area contributed by atoms with Crippen LogP contribution in [0.3, 0.4) is 0 Å². The van der Waals surface area contributed by atoms with E-state index < -0.39 is 0 Å². The summed E-state index contributed by atoms with van der Waals surface area (Å²) >= 11 is 0. The average Bonchev–Trinajstić information content (AvgIpc) is 2.83. The maximum atomic E-state index is 11.3. The summed E-state index contributed by atoms with van der Waals surface area (Å²) in [5.41, 5.74) is 3.19. The van der Waals surface area contributed by atoms with Crippen LogP contribution in [0.5, 0.6) is 0 Å². The molecule has 0 aliphatic heterocycles.